The Morgan fingerprint density at radius 1 is 0.729 bits per heavy atom. The molecule has 0 amide bonds. The minimum atomic E-state index is -0.0178. The number of aliphatic hydroxyl groups excluding tert-OH is 1. The molecule has 0 aliphatic rings. The van der Waals surface area contributed by atoms with Crippen LogP contribution in [0.2, 0.25) is 0 Å². The molecule has 268 valence electrons. The molecule has 0 aliphatic heterocycles. The maximum absolute atomic E-state index is 8.72. The smallest absolute Gasteiger partial charge is 0.145 e. The molecular formula is C40H65N5O3. The molecule has 5 N–H and O–H groups in total. The Morgan fingerprint density at radius 2 is 1.31 bits per heavy atom. The molecule has 0 atom stereocenters. The van der Waals surface area contributed by atoms with E-state index in [2.05, 4.69) is 142 Å². The van der Waals surface area contributed by atoms with Gasteiger partial charge < -0.3 is 29.2 Å². The number of nitrogens with two attached hydrogens (primary N) is 1. The van der Waals surface area contributed by atoms with Crippen LogP contribution < -0.4 is 5.73 Å². The number of furan rings is 2. The molecule has 8 nitrogen and oxygen atoms in total. The second-order valence-electron chi connectivity index (χ2n) is 17.0. The molecule has 0 bridgehead atoms. The molecule has 5 rings (SSSR count). The quantitative estimate of drug-likeness (QED) is 0.142. The average Bonchev–Trinajstić information content (AvgIpc) is 3.79. The van der Waals surface area contributed by atoms with Gasteiger partial charge in [-0.15, -0.1) is 0 Å². The summed E-state index contributed by atoms with van der Waals surface area (Å²) in [6.45, 7) is 32.1. The van der Waals surface area contributed by atoms with Crippen LogP contribution in [0.15, 0.2) is 88.4 Å². The van der Waals surface area contributed by atoms with Crippen LogP contribution in [0.3, 0.4) is 0 Å². The highest BCUT2D eigenvalue weighted by molar-refractivity contribution is 5.31. The number of aromatic nitrogens is 4. The molecule has 5 heterocycles. The van der Waals surface area contributed by atoms with Crippen LogP contribution in [0.4, 0.5) is 5.82 Å². The van der Waals surface area contributed by atoms with Gasteiger partial charge in [0, 0.05) is 58.3 Å². The van der Waals surface area contributed by atoms with E-state index in [4.69, 9.17) is 19.7 Å². The lowest BCUT2D eigenvalue weighted by molar-refractivity contribution is 0.237. The highest BCUT2D eigenvalue weighted by atomic mass is 16.4. The molecule has 5 aromatic heterocycles. The lowest BCUT2D eigenvalue weighted by Crippen LogP contribution is -2.19. The third-order valence-electron chi connectivity index (χ3n) is 7.07. The number of hydrogen-bond donors (Lipinski definition) is 4. The topological polar surface area (TPSA) is 122 Å². The van der Waals surface area contributed by atoms with E-state index in [0.717, 1.165) is 17.2 Å². The van der Waals surface area contributed by atoms with Crippen LogP contribution in [-0.4, -0.2) is 24.9 Å². The summed E-state index contributed by atoms with van der Waals surface area (Å²) in [7, 11) is 0. The first-order valence-electron chi connectivity index (χ1n) is 16.7. The first-order valence-corrected chi connectivity index (χ1v) is 16.7. The summed E-state index contributed by atoms with van der Waals surface area (Å²) in [4.78, 5) is 3.04. The minimum absolute atomic E-state index is 0.0178. The van der Waals surface area contributed by atoms with Crippen LogP contribution in [0.25, 0.3) is 0 Å². The molecule has 0 unspecified atom stereocenters. The molecule has 5 aromatic rings. The van der Waals surface area contributed by atoms with Gasteiger partial charge in [0.25, 0.3) is 0 Å². The Bertz CT molecular complexity index is 1400. The molecule has 8 heteroatoms. The van der Waals surface area contributed by atoms with Crippen molar-refractivity contribution in [1.82, 2.24) is 19.7 Å². The van der Waals surface area contributed by atoms with E-state index in [9.17, 15) is 0 Å². The van der Waals surface area contributed by atoms with Crippen molar-refractivity contribution in [2.45, 2.75) is 138 Å². The first kappa shape index (κ1) is 42.1. The lowest BCUT2D eigenvalue weighted by Gasteiger charge is -2.20. The minimum Gasteiger partial charge on any atom is -0.469 e. The van der Waals surface area contributed by atoms with Crippen LogP contribution in [0.1, 0.15) is 132 Å². The first-order chi connectivity index (χ1) is 21.9. The summed E-state index contributed by atoms with van der Waals surface area (Å²) < 4.78 is 12.7. The van der Waals surface area contributed by atoms with E-state index in [1.54, 1.807) is 12.3 Å². The van der Waals surface area contributed by atoms with Crippen molar-refractivity contribution in [3.63, 3.8) is 0 Å². The van der Waals surface area contributed by atoms with Crippen LogP contribution in [0.5, 0.6) is 0 Å². The monoisotopic (exact) mass is 664 g/mol. The van der Waals surface area contributed by atoms with E-state index in [1.165, 1.54) is 5.56 Å². The second-order valence-corrected chi connectivity index (χ2v) is 17.0. The lowest BCUT2D eigenvalue weighted by atomic mass is 9.89. The van der Waals surface area contributed by atoms with Crippen molar-refractivity contribution >= 4 is 5.82 Å². The molecule has 0 saturated carbocycles. The van der Waals surface area contributed by atoms with Gasteiger partial charge in [0.2, 0.25) is 0 Å². The number of aliphatic hydroxyl groups is 1. The largest absolute Gasteiger partial charge is 0.469 e. The van der Waals surface area contributed by atoms with Crippen molar-refractivity contribution < 1.29 is 13.9 Å². The zero-order chi connectivity index (χ0) is 37.0. The van der Waals surface area contributed by atoms with E-state index in [-0.39, 0.29) is 28.4 Å². The van der Waals surface area contributed by atoms with Crippen LogP contribution >= 0.6 is 0 Å². The van der Waals surface area contributed by atoms with Gasteiger partial charge in [-0.05, 0) is 74.2 Å². The Kier molecular flexibility index (Phi) is 15.3. The van der Waals surface area contributed by atoms with E-state index in [0.29, 0.717) is 17.0 Å². The SMILES string of the molecule is CC(C)(C)c1cc(N)n[nH]1.CC(C)(C)c1cc[nH]c1.CC(C)(C)c1ccc(CO)o1.CC(C)(C)c1ccco1.CC(C)(C)n1cccc1. The predicted octanol–water partition coefficient (Wildman–Crippen LogP) is 10.5. The number of nitrogens with zero attached hydrogens (tertiary/aromatic N) is 2. The van der Waals surface area contributed by atoms with Crippen molar-refractivity contribution in [3.8, 4) is 0 Å². The van der Waals surface area contributed by atoms with Crippen LogP contribution in [-0.2, 0) is 33.8 Å². The maximum atomic E-state index is 8.72. The van der Waals surface area contributed by atoms with Gasteiger partial charge in [0.15, 0.2) is 0 Å². The number of hydrogen-bond acceptors (Lipinski definition) is 5. The summed E-state index contributed by atoms with van der Waals surface area (Å²) in [5.74, 6) is 3.16. The fourth-order valence-corrected chi connectivity index (χ4v) is 3.86. The number of nitrogen functional groups attached to an aromatic ring is 1. The third-order valence-corrected chi connectivity index (χ3v) is 7.07. The van der Waals surface area contributed by atoms with Gasteiger partial charge in [-0.3, -0.25) is 5.10 Å². The summed E-state index contributed by atoms with van der Waals surface area (Å²) in [5, 5.41) is 15.4. The molecular weight excluding hydrogens is 598 g/mol. The summed E-state index contributed by atoms with van der Waals surface area (Å²) in [6, 6.07) is 15.7. The molecule has 0 aliphatic carbocycles. The van der Waals surface area contributed by atoms with Gasteiger partial charge >= 0.3 is 0 Å². The van der Waals surface area contributed by atoms with Gasteiger partial charge in [0.1, 0.15) is 29.7 Å². The molecule has 0 aromatic carbocycles. The fraction of sp³-hybridized carbons (Fsp3) is 0.525. The standard InChI is InChI=1S/C9H14O2.2C8H13N.C8H12O.C7H13N3/c1-9(2,3)8-5-4-7(6-10)11-8;1-8(2,3)7-4-5-9-6-7;1-8(2,3)9-6-4-5-7-9;1-8(2,3)7-5-4-6-9-7;1-7(2,3)5-4-6(8)10-9-5/h4-5,10H,6H2,1-3H3;4-6,9H,1-3H3;4-7H,1-3H3;4-6H,1-3H3;4H,1-3H3,(H3,8,9,10). The maximum Gasteiger partial charge on any atom is 0.145 e. The molecule has 0 radical (unpaired) electrons. The Hall–Kier alpha value is -3.91. The van der Waals surface area contributed by atoms with E-state index < -0.39 is 0 Å². The van der Waals surface area contributed by atoms with Crippen molar-refractivity contribution in [3.05, 3.63) is 108 Å². The average molecular weight is 664 g/mol. The zero-order valence-corrected chi connectivity index (χ0v) is 32.4. The number of aromatic amines is 2. The fourth-order valence-electron chi connectivity index (χ4n) is 3.86. The van der Waals surface area contributed by atoms with Crippen molar-refractivity contribution in [2.24, 2.45) is 0 Å². The summed E-state index contributed by atoms with van der Waals surface area (Å²) in [6.07, 6.45) is 9.88. The van der Waals surface area contributed by atoms with E-state index >= 15 is 0 Å². The molecule has 0 spiro atoms. The summed E-state index contributed by atoms with van der Waals surface area (Å²) >= 11 is 0. The second kappa shape index (κ2) is 17.5. The normalized spacial score (nSPS) is 11.9. The molecule has 0 fully saturated rings. The predicted molar refractivity (Wildman–Crippen MR) is 201 cm³/mol. The Labute approximate surface area is 290 Å². The highest BCUT2D eigenvalue weighted by Crippen LogP contribution is 2.24. The van der Waals surface area contributed by atoms with Gasteiger partial charge in [-0.2, -0.15) is 5.10 Å². The third kappa shape index (κ3) is 15.8. The molecule has 0 saturated heterocycles. The highest BCUT2D eigenvalue weighted by Gasteiger charge is 2.18. The number of anilines is 1. The van der Waals surface area contributed by atoms with E-state index in [1.807, 2.05) is 48.8 Å². The van der Waals surface area contributed by atoms with Gasteiger partial charge in [-0.1, -0.05) is 83.1 Å². The summed E-state index contributed by atoms with van der Waals surface area (Å²) in [5.41, 5.74) is 8.71. The number of H-pyrrole nitrogens is 2. The number of nitrogens with one attached hydrogen (secondary N) is 2. The van der Waals surface area contributed by atoms with Crippen LogP contribution in [0, 0.1) is 0 Å². The Morgan fingerprint density at radius 3 is 1.54 bits per heavy atom. The van der Waals surface area contributed by atoms with Gasteiger partial charge in [0.05, 0.1) is 6.26 Å². The van der Waals surface area contributed by atoms with Crippen molar-refractivity contribution in [2.75, 3.05) is 5.73 Å². The number of rotatable bonds is 1. The van der Waals surface area contributed by atoms with Crippen molar-refractivity contribution in [1.29, 1.82) is 0 Å². The van der Waals surface area contributed by atoms with Gasteiger partial charge in [-0.25, -0.2) is 0 Å². The zero-order valence-electron chi connectivity index (χ0n) is 32.4. The molecule has 48 heavy (non-hydrogen) atoms. The Balaban J connectivity index is 0.000000301.